The maximum absolute atomic E-state index is 13.0. The third kappa shape index (κ3) is 7.56. The molecule has 2 aromatic carbocycles. The molecule has 0 aliphatic rings. The Balaban J connectivity index is 2.47. The molecule has 6 heteroatoms. The van der Waals surface area contributed by atoms with Crippen LogP contribution in [0.1, 0.15) is 108 Å². The summed E-state index contributed by atoms with van der Waals surface area (Å²) in [7, 11) is 1.57. The number of methoxy groups -OCH3 is 1. The lowest BCUT2D eigenvalue weighted by Gasteiger charge is -2.25. The normalized spacial score (nSPS) is 12.2. The molecule has 0 aliphatic heterocycles. The highest BCUT2D eigenvalue weighted by atomic mass is 16.5. The van der Waals surface area contributed by atoms with Crippen LogP contribution in [0.4, 0.5) is 0 Å². The monoisotopic (exact) mass is 522 g/mol. The highest BCUT2D eigenvalue weighted by Crippen LogP contribution is 2.44. The van der Waals surface area contributed by atoms with Crippen molar-refractivity contribution in [3.8, 4) is 17.2 Å². The molecular weight excluding hydrogens is 480 g/mol. The third-order valence-corrected chi connectivity index (χ3v) is 5.91. The van der Waals surface area contributed by atoms with Gasteiger partial charge in [-0.25, -0.2) is 0 Å². The zero-order valence-corrected chi connectivity index (χ0v) is 24.6. The minimum absolute atomic E-state index is 0.00220. The van der Waals surface area contributed by atoms with Gasteiger partial charge >= 0.3 is 11.9 Å². The number of ketones is 1. The third-order valence-electron chi connectivity index (χ3n) is 5.91. The van der Waals surface area contributed by atoms with Crippen LogP contribution in [0, 0.1) is 10.8 Å². The number of hydrogen-bond donors (Lipinski definition) is 0. The molecule has 0 aliphatic carbocycles. The number of allylic oxidation sites excluding steroid dienone is 1. The second-order valence-electron chi connectivity index (χ2n) is 12.1. The minimum Gasteiger partial charge on any atom is -0.496 e. The summed E-state index contributed by atoms with van der Waals surface area (Å²) in [6.45, 7) is 18.9. The van der Waals surface area contributed by atoms with Crippen LogP contribution < -0.4 is 14.2 Å². The van der Waals surface area contributed by atoms with Gasteiger partial charge in [-0.05, 0) is 101 Å². The number of esters is 2. The average Bonchev–Trinajstić information content (AvgIpc) is 2.81. The quantitative estimate of drug-likeness (QED) is 0.153. The van der Waals surface area contributed by atoms with Crippen molar-refractivity contribution in [2.75, 3.05) is 7.11 Å². The molecule has 0 fully saturated rings. The molecule has 0 saturated heterocycles. The van der Waals surface area contributed by atoms with Crippen molar-refractivity contribution in [2.45, 2.75) is 81.1 Å². The number of benzene rings is 2. The molecule has 2 aromatic rings. The predicted molar refractivity (Wildman–Crippen MR) is 151 cm³/mol. The Morgan fingerprint density at radius 1 is 0.763 bits per heavy atom. The molecule has 0 atom stereocenters. The topological polar surface area (TPSA) is 78.9 Å². The molecule has 2 rings (SSSR count). The first kappa shape index (κ1) is 30.8. The summed E-state index contributed by atoms with van der Waals surface area (Å²) in [5, 5.41) is 0. The summed E-state index contributed by atoms with van der Waals surface area (Å²) in [5.74, 6) is 0.660. The fraction of sp³-hybridized carbons (Fsp3) is 0.469. The summed E-state index contributed by atoms with van der Waals surface area (Å²) >= 11 is 0. The molecule has 0 bridgehead atoms. The molecule has 6 nitrogen and oxygen atoms in total. The highest BCUT2D eigenvalue weighted by Gasteiger charge is 2.29. The van der Waals surface area contributed by atoms with E-state index in [1.165, 1.54) is 6.08 Å². The molecule has 0 N–H and O–H groups in total. The van der Waals surface area contributed by atoms with E-state index in [0.717, 1.165) is 16.7 Å². The lowest BCUT2D eigenvalue weighted by molar-refractivity contribution is -0.143. The fourth-order valence-electron chi connectivity index (χ4n) is 3.59. The molecule has 0 aromatic heterocycles. The molecule has 0 heterocycles. The summed E-state index contributed by atoms with van der Waals surface area (Å²) < 4.78 is 17.1. The van der Waals surface area contributed by atoms with E-state index in [4.69, 9.17) is 14.2 Å². The minimum atomic E-state index is -0.665. The molecule has 0 saturated carbocycles. The first-order chi connectivity index (χ1) is 17.5. The molecule has 0 spiro atoms. The van der Waals surface area contributed by atoms with Gasteiger partial charge in [0.1, 0.15) is 17.2 Å². The zero-order valence-electron chi connectivity index (χ0n) is 24.6. The van der Waals surface area contributed by atoms with Crippen molar-refractivity contribution in [3.63, 3.8) is 0 Å². The van der Waals surface area contributed by atoms with Gasteiger partial charge in [0.25, 0.3) is 0 Å². The van der Waals surface area contributed by atoms with Gasteiger partial charge in [-0.15, -0.1) is 0 Å². The molecule has 0 unspecified atom stereocenters. The van der Waals surface area contributed by atoms with Crippen molar-refractivity contribution in [2.24, 2.45) is 10.8 Å². The van der Waals surface area contributed by atoms with Gasteiger partial charge < -0.3 is 14.2 Å². The van der Waals surface area contributed by atoms with Gasteiger partial charge in [0.2, 0.25) is 0 Å². The van der Waals surface area contributed by atoms with E-state index < -0.39 is 10.8 Å². The number of carbonyl (C=O) groups is 3. The Morgan fingerprint density at radius 2 is 1.29 bits per heavy atom. The molecule has 206 valence electrons. The van der Waals surface area contributed by atoms with Crippen molar-refractivity contribution < 1.29 is 28.6 Å². The number of hydrogen-bond acceptors (Lipinski definition) is 6. The highest BCUT2D eigenvalue weighted by molar-refractivity contribution is 6.07. The van der Waals surface area contributed by atoms with Gasteiger partial charge in [0.15, 0.2) is 5.78 Å². The lowest BCUT2D eigenvalue weighted by atomic mass is 9.89. The Hall–Kier alpha value is -3.41. The van der Waals surface area contributed by atoms with Crippen molar-refractivity contribution in [1.29, 1.82) is 0 Å². The summed E-state index contributed by atoms with van der Waals surface area (Å²) in [6.07, 6.45) is 3.21. The second kappa shape index (κ2) is 12.0. The van der Waals surface area contributed by atoms with Crippen molar-refractivity contribution >= 4 is 23.8 Å². The van der Waals surface area contributed by atoms with E-state index >= 15 is 0 Å². The van der Waals surface area contributed by atoms with Crippen LogP contribution in [0.3, 0.4) is 0 Å². The molecule has 38 heavy (non-hydrogen) atoms. The average molecular weight is 523 g/mol. The van der Waals surface area contributed by atoms with Gasteiger partial charge in [-0.2, -0.15) is 0 Å². The maximum Gasteiger partial charge on any atom is 0.316 e. The van der Waals surface area contributed by atoms with E-state index in [-0.39, 0.29) is 29.6 Å². The molecular formula is C32H42O6. The van der Waals surface area contributed by atoms with Crippen LogP contribution >= 0.6 is 0 Å². The van der Waals surface area contributed by atoms with Crippen LogP contribution in [-0.2, 0) is 9.59 Å². The van der Waals surface area contributed by atoms with E-state index in [1.807, 2.05) is 54.5 Å². The molecule has 0 amide bonds. The van der Waals surface area contributed by atoms with E-state index in [1.54, 1.807) is 58.2 Å². The van der Waals surface area contributed by atoms with Crippen LogP contribution in [0.25, 0.3) is 6.08 Å². The fourth-order valence-corrected chi connectivity index (χ4v) is 3.59. The van der Waals surface area contributed by atoms with E-state index in [2.05, 4.69) is 0 Å². The standard InChI is InChI=1S/C32H42O6/c1-19(2)24-18-22(27(36-11)26(20(3)4)28(24)38-30(35)32(8,9)10)14-17-25(33)21-12-15-23(16-13-21)37-29(34)31(5,6)7/h12-20H,1-11H3/b17-14+. The van der Waals surface area contributed by atoms with Gasteiger partial charge in [-0.3, -0.25) is 14.4 Å². The van der Waals surface area contributed by atoms with Gasteiger partial charge in [0.05, 0.1) is 17.9 Å². The van der Waals surface area contributed by atoms with E-state index in [9.17, 15) is 14.4 Å². The second-order valence-corrected chi connectivity index (χ2v) is 12.1. The first-order valence-corrected chi connectivity index (χ1v) is 13.0. The van der Waals surface area contributed by atoms with Crippen LogP contribution in [0.2, 0.25) is 0 Å². The van der Waals surface area contributed by atoms with Gasteiger partial charge in [-0.1, -0.05) is 27.7 Å². The SMILES string of the molecule is COc1c(/C=C/C(=O)c2ccc(OC(=O)C(C)(C)C)cc2)cc(C(C)C)c(OC(=O)C(C)(C)C)c1C(C)C. The van der Waals surface area contributed by atoms with Crippen LogP contribution in [0.15, 0.2) is 36.4 Å². The number of ether oxygens (including phenoxy) is 3. The van der Waals surface area contributed by atoms with Crippen LogP contribution in [0.5, 0.6) is 17.2 Å². The maximum atomic E-state index is 13.0. The Morgan fingerprint density at radius 3 is 1.74 bits per heavy atom. The van der Waals surface area contributed by atoms with E-state index in [0.29, 0.717) is 22.8 Å². The van der Waals surface area contributed by atoms with Crippen molar-refractivity contribution in [1.82, 2.24) is 0 Å². The summed E-state index contributed by atoms with van der Waals surface area (Å²) in [4.78, 5) is 37.9. The van der Waals surface area contributed by atoms with Crippen molar-refractivity contribution in [3.05, 3.63) is 58.7 Å². The number of carbonyl (C=O) groups excluding carboxylic acids is 3. The molecule has 0 radical (unpaired) electrons. The Kier molecular flexibility index (Phi) is 9.71. The van der Waals surface area contributed by atoms with Gasteiger partial charge in [0, 0.05) is 16.7 Å². The lowest BCUT2D eigenvalue weighted by Crippen LogP contribution is -2.27. The Bertz CT molecular complexity index is 1200. The smallest absolute Gasteiger partial charge is 0.316 e. The summed E-state index contributed by atoms with van der Waals surface area (Å²) in [6, 6.07) is 8.39. The number of rotatable bonds is 8. The first-order valence-electron chi connectivity index (χ1n) is 13.0. The predicted octanol–water partition coefficient (Wildman–Crippen LogP) is 7.74. The Labute approximate surface area is 227 Å². The largest absolute Gasteiger partial charge is 0.496 e. The summed E-state index contributed by atoms with van der Waals surface area (Å²) in [5.41, 5.74) is 1.54. The van der Waals surface area contributed by atoms with Crippen LogP contribution in [-0.4, -0.2) is 24.8 Å². The zero-order chi connectivity index (χ0) is 29.0.